The minimum Gasteiger partial charge on any atom is -0.496 e. The number of fused-ring (bicyclic) bond motifs is 1. The number of para-hydroxylation sites is 1. The molecule has 0 bridgehead atoms. The Bertz CT molecular complexity index is 1050. The van der Waals surface area contributed by atoms with Gasteiger partial charge in [-0.1, -0.05) is 36.4 Å². The van der Waals surface area contributed by atoms with Gasteiger partial charge < -0.3 is 14.6 Å². The van der Waals surface area contributed by atoms with Gasteiger partial charge >= 0.3 is 0 Å². The average Bonchev–Trinajstić information content (AvgIpc) is 2.74. The van der Waals surface area contributed by atoms with Crippen molar-refractivity contribution in [2.24, 2.45) is 0 Å². The third-order valence-corrected chi connectivity index (χ3v) is 5.60. The van der Waals surface area contributed by atoms with Gasteiger partial charge in [-0.2, -0.15) is 0 Å². The summed E-state index contributed by atoms with van der Waals surface area (Å²) in [4.78, 5) is 30.0. The Morgan fingerprint density at radius 2 is 1.82 bits per heavy atom. The summed E-state index contributed by atoms with van der Waals surface area (Å²) in [5.41, 5.74) is 1.85. The van der Waals surface area contributed by atoms with E-state index in [0.29, 0.717) is 19.5 Å². The lowest BCUT2D eigenvalue weighted by Gasteiger charge is -2.32. The largest absolute Gasteiger partial charge is 0.496 e. The fourth-order valence-electron chi connectivity index (χ4n) is 4.02. The molecule has 1 fully saturated rings. The number of nitrogens with zero attached hydrogens (tertiary/aromatic N) is 1. The maximum Gasteiger partial charge on any atom is 0.256 e. The predicted molar refractivity (Wildman–Crippen MR) is 110 cm³/mol. The molecular formula is C23H24N2O3. The van der Waals surface area contributed by atoms with Gasteiger partial charge in [-0.3, -0.25) is 9.59 Å². The highest BCUT2D eigenvalue weighted by Gasteiger charge is 2.25. The smallest absolute Gasteiger partial charge is 0.256 e. The molecule has 1 aliphatic rings. The summed E-state index contributed by atoms with van der Waals surface area (Å²) in [5, 5.41) is 1.69. The highest BCUT2D eigenvalue weighted by molar-refractivity contribution is 5.82. The number of pyridine rings is 1. The van der Waals surface area contributed by atoms with Crippen LogP contribution in [-0.4, -0.2) is 36.0 Å². The zero-order valence-electron chi connectivity index (χ0n) is 16.0. The summed E-state index contributed by atoms with van der Waals surface area (Å²) in [6, 6.07) is 17.4. The van der Waals surface area contributed by atoms with E-state index in [0.717, 1.165) is 40.6 Å². The number of H-pyrrole nitrogens is 1. The number of aromatic amines is 1. The molecule has 3 aromatic rings. The Morgan fingerprint density at radius 3 is 2.61 bits per heavy atom. The molecular weight excluding hydrogens is 352 g/mol. The summed E-state index contributed by atoms with van der Waals surface area (Å²) in [6.07, 6.45) is 2.05. The molecule has 0 unspecified atom stereocenters. The summed E-state index contributed by atoms with van der Waals surface area (Å²) in [5.74, 6) is 1.14. The third kappa shape index (κ3) is 3.65. The maximum atomic E-state index is 12.7. The van der Waals surface area contributed by atoms with E-state index in [2.05, 4.69) is 11.1 Å². The van der Waals surface area contributed by atoms with Gasteiger partial charge in [0.2, 0.25) is 5.91 Å². The van der Waals surface area contributed by atoms with Gasteiger partial charge in [0, 0.05) is 35.7 Å². The summed E-state index contributed by atoms with van der Waals surface area (Å²) in [6.45, 7) is 1.40. The van der Waals surface area contributed by atoms with E-state index in [-0.39, 0.29) is 17.4 Å². The number of ether oxygens (including phenoxy) is 1. The van der Waals surface area contributed by atoms with Crippen LogP contribution in [0.25, 0.3) is 10.8 Å². The number of piperidine rings is 1. The third-order valence-electron chi connectivity index (χ3n) is 5.60. The predicted octanol–water partition coefficient (Wildman–Crippen LogP) is 3.49. The zero-order chi connectivity index (χ0) is 19.5. The first kappa shape index (κ1) is 18.3. The Labute approximate surface area is 163 Å². The summed E-state index contributed by atoms with van der Waals surface area (Å²) < 4.78 is 5.35. The lowest BCUT2D eigenvalue weighted by Crippen LogP contribution is -2.39. The molecule has 1 aromatic heterocycles. The first-order chi connectivity index (χ1) is 13.7. The van der Waals surface area contributed by atoms with Crippen molar-refractivity contribution in [3.8, 4) is 5.75 Å². The Hall–Kier alpha value is -3.08. The van der Waals surface area contributed by atoms with Gasteiger partial charge in [0.1, 0.15) is 5.75 Å². The summed E-state index contributed by atoms with van der Waals surface area (Å²) >= 11 is 0. The number of carbonyl (C=O) groups is 1. The fraction of sp³-hybridized carbons (Fsp3) is 0.304. The number of nitrogens with one attached hydrogen (secondary N) is 1. The SMILES string of the molecule is COc1ccccc1CC(=O)N1CCC(c2cc3ccccc3c(=O)[nH]2)CC1. The van der Waals surface area contributed by atoms with Crippen LogP contribution in [-0.2, 0) is 11.2 Å². The maximum absolute atomic E-state index is 12.7. The van der Waals surface area contributed by atoms with E-state index in [1.165, 1.54) is 0 Å². The van der Waals surface area contributed by atoms with Crippen molar-refractivity contribution in [3.63, 3.8) is 0 Å². The Kier molecular flexibility index (Phi) is 5.15. The van der Waals surface area contributed by atoms with Crippen molar-refractivity contribution in [1.82, 2.24) is 9.88 Å². The molecule has 1 aliphatic heterocycles. The van der Waals surface area contributed by atoms with Gasteiger partial charge in [0.05, 0.1) is 13.5 Å². The quantitative estimate of drug-likeness (QED) is 0.758. The minimum absolute atomic E-state index is 0.0391. The van der Waals surface area contributed by atoms with Gasteiger partial charge in [-0.25, -0.2) is 0 Å². The lowest BCUT2D eigenvalue weighted by atomic mass is 9.92. The number of rotatable bonds is 4. The molecule has 0 radical (unpaired) electrons. The number of benzene rings is 2. The molecule has 0 spiro atoms. The topological polar surface area (TPSA) is 62.4 Å². The van der Waals surface area contributed by atoms with Crippen LogP contribution in [0.1, 0.15) is 30.0 Å². The van der Waals surface area contributed by atoms with Crippen molar-refractivity contribution < 1.29 is 9.53 Å². The van der Waals surface area contributed by atoms with Crippen LogP contribution in [0, 0.1) is 0 Å². The first-order valence-electron chi connectivity index (χ1n) is 9.67. The summed E-state index contributed by atoms with van der Waals surface area (Å²) in [7, 11) is 1.62. The molecule has 1 amide bonds. The van der Waals surface area contributed by atoms with E-state index >= 15 is 0 Å². The molecule has 144 valence electrons. The average molecular weight is 376 g/mol. The van der Waals surface area contributed by atoms with Crippen LogP contribution in [0.3, 0.4) is 0 Å². The molecule has 5 nitrogen and oxygen atoms in total. The molecule has 1 saturated heterocycles. The molecule has 0 aliphatic carbocycles. The molecule has 0 atom stereocenters. The molecule has 5 heteroatoms. The highest BCUT2D eigenvalue weighted by Crippen LogP contribution is 2.28. The lowest BCUT2D eigenvalue weighted by molar-refractivity contribution is -0.131. The Morgan fingerprint density at radius 1 is 1.11 bits per heavy atom. The normalized spacial score (nSPS) is 15.0. The molecule has 2 aromatic carbocycles. The van der Waals surface area contributed by atoms with Crippen LogP contribution in [0.5, 0.6) is 5.75 Å². The fourth-order valence-corrected chi connectivity index (χ4v) is 4.02. The second kappa shape index (κ2) is 7.89. The highest BCUT2D eigenvalue weighted by atomic mass is 16.5. The number of amides is 1. The van der Waals surface area contributed by atoms with E-state index < -0.39 is 0 Å². The van der Waals surface area contributed by atoms with Crippen molar-refractivity contribution in [1.29, 1.82) is 0 Å². The van der Waals surface area contributed by atoms with Crippen LogP contribution in [0.2, 0.25) is 0 Å². The molecule has 0 saturated carbocycles. The second-order valence-corrected chi connectivity index (χ2v) is 7.28. The van der Waals surface area contributed by atoms with Crippen molar-refractivity contribution >= 4 is 16.7 Å². The number of methoxy groups -OCH3 is 1. The van der Waals surface area contributed by atoms with Gasteiger partial charge in [-0.15, -0.1) is 0 Å². The number of hydrogen-bond donors (Lipinski definition) is 1. The van der Waals surface area contributed by atoms with Crippen LogP contribution in [0.4, 0.5) is 0 Å². The van der Waals surface area contributed by atoms with E-state index in [4.69, 9.17) is 4.74 Å². The zero-order valence-corrected chi connectivity index (χ0v) is 16.0. The van der Waals surface area contributed by atoms with Crippen molar-refractivity contribution in [2.45, 2.75) is 25.2 Å². The number of hydrogen-bond acceptors (Lipinski definition) is 3. The van der Waals surface area contributed by atoms with Crippen molar-refractivity contribution in [3.05, 3.63) is 76.2 Å². The van der Waals surface area contributed by atoms with Gasteiger partial charge in [-0.05, 0) is 36.4 Å². The number of aromatic nitrogens is 1. The minimum atomic E-state index is -0.0391. The van der Waals surface area contributed by atoms with E-state index in [1.807, 2.05) is 53.4 Å². The van der Waals surface area contributed by atoms with Crippen LogP contribution in [0.15, 0.2) is 59.4 Å². The Balaban J connectivity index is 1.43. The number of carbonyl (C=O) groups excluding carboxylic acids is 1. The van der Waals surface area contributed by atoms with E-state index in [9.17, 15) is 9.59 Å². The number of likely N-dealkylation sites (tertiary alicyclic amines) is 1. The van der Waals surface area contributed by atoms with Crippen LogP contribution < -0.4 is 10.3 Å². The molecule has 1 N–H and O–H groups in total. The molecule has 28 heavy (non-hydrogen) atoms. The van der Waals surface area contributed by atoms with E-state index in [1.54, 1.807) is 7.11 Å². The first-order valence-corrected chi connectivity index (χ1v) is 9.67. The monoisotopic (exact) mass is 376 g/mol. The molecule has 2 heterocycles. The van der Waals surface area contributed by atoms with Gasteiger partial charge in [0.15, 0.2) is 0 Å². The van der Waals surface area contributed by atoms with Crippen LogP contribution >= 0.6 is 0 Å². The van der Waals surface area contributed by atoms with Gasteiger partial charge in [0.25, 0.3) is 5.56 Å². The molecule has 4 rings (SSSR count). The second-order valence-electron chi connectivity index (χ2n) is 7.28. The van der Waals surface area contributed by atoms with Crippen molar-refractivity contribution in [2.75, 3.05) is 20.2 Å². The standard InChI is InChI=1S/C23H24N2O3/c1-28-21-9-5-3-7-18(21)15-22(26)25-12-10-16(11-13-25)20-14-17-6-2-4-8-19(17)23(27)24-20/h2-9,14,16H,10-13,15H2,1H3,(H,24,27).